The van der Waals surface area contributed by atoms with Gasteiger partial charge >= 0.3 is 6.36 Å². The first-order valence-electron chi connectivity index (χ1n) is 7.17. The third-order valence-electron chi connectivity index (χ3n) is 3.50. The number of alkyl halides is 3. The molecule has 128 valence electrons. The maximum atomic E-state index is 12.4. The third kappa shape index (κ3) is 3.52. The van der Waals surface area contributed by atoms with Crippen molar-refractivity contribution >= 4 is 22.5 Å². The molecule has 1 aromatic carbocycles. The van der Waals surface area contributed by atoms with Crippen molar-refractivity contribution in [3.63, 3.8) is 0 Å². The number of rotatable bonds is 3. The number of aromatic nitrogens is 2. The lowest BCUT2D eigenvalue weighted by Gasteiger charge is -2.11. The fraction of sp³-hybridized carbons (Fsp3) is 0.118. The van der Waals surface area contributed by atoms with E-state index in [2.05, 4.69) is 14.7 Å². The van der Waals surface area contributed by atoms with Crippen LogP contribution in [0.3, 0.4) is 0 Å². The van der Waals surface area contributed by atoms with Gasteiger partial charge in [0.15, 0.2) is 5.78 Å². The zero-order valence-electron chi connectivity index (χ0n) is 13.0. The Bertz CT molecular complexity index is 971. The fourth-order valence-electron chi connectivity index (χ4n) is 2.43. The fourth-order valence-corrected chi connectivity index (χ4v) is 2.43. The lowest BCUT2D eigenvalue weighted by Crippen LogP contribution is -2.17. The molecule has 0 unspecified atom stereocenters. The molecule has 0 amide bonds. The molecule has 2 aromatic heterocycles. The normalized spacial score (nSPS) is 11.5. The van der Waals surface area contributed by atoms with Crippen molar-refractivity contribution in [2.75, 3.05) is 5.73 Å². The molecule has 0 aliphatic carbocycles. The van der Waals surface area contributed by atoms with E-state index in [0.29, 0.717) is 27.7 Å². The Morgan fingerprint density at radius 3 is 2.64 bits per heavy atom. The summed E-state index contributed by atoms with van der Waals surface area (Å²) in [4.78, 5) is 20.0. The van der Waals surface area contributed by atoms with Gasteiger partial charge in [0.1, 0.15) is 17.1 Å². The van der Waals surface area contributed by atoms with Crippen molar-refractivity contribution in [1.29, 1.82) is 0 Å². The first kappa shape index (κ1) is 16.7. The summed E-state index contributed by atoms with van der Waals surface area (Å²) in [6.45, 7) is 1.40. The van der Waals surface area contributed by atoms with Crippen LogP contribution in [-0.4, -0.2) is 22.1 Å². The number of pyridine rings is 2. The number of benzene rings is 1. The Hall–Kier alpha value is -3.16. The first-order valence-corrected chi connectivity index (χ1v) is 7.17. The Labute approximate surface area is 140 Å². The number of Topliss-reactive ketones (excluding diaryl/α,β-unsaturated/α-hetero) is 1. The minimum Gasteiger partial charge on any atom is -0.406 e. The molecule has 0 fully saturated rings. The van der Waals surface area contributed by atoms with Gasteiger partial charge in [-0.25, -0.2) is 9.97 Å². The van der Waals surface area contributed by atoms with Crippen LogP contribution in [0.1, 0.15) is 17.3 Å². The quantitative estimate of drug-likeness (QED) is 0.725. The van der Waals surface area contributed by atoms with Gasteiger partial charge in [-0.15, -0.1) is 13.2 Å². The van der Waals surface area contributed by atoms with Gasteiger partial charge in [-0.3, -0.25) is 4.79 Å². The van der Waals surface area contributed by atoms with Gasteiger partial charge in [-0.2, -0.15) is 0 Å². The minimum atomic E-state index is -4.78. The number of ether oxygens (including phenoxy) is 1. The van der Waals surface area contributed by atoms with Crippen LogP contribution < -0.4 is 10.5 Å². The zero-order chi connectivity index (χ0) is 18.2. The molecule has 0 aliphatic rings. The monoisotopic (exact) mass is 347 g/mol. The second kappa shape index (κ2) is 6.04. The Kier molecular flexibility index (Phi) is 4.03. The third-order valence-corrected chi connectivity index (χ3v) is 3.50. The summed E-state index contributed by atoms with van der Waals surface area (Å²) in [5.41, 5.74) is 7.31. The Balaban J connectivity index is 2.10. The molecule has 25 heavy (non-hydrogen) atoms. The molecular weight excluding hydrogens is 335 g/mol. The number of hydrogen-bond donors (Lipinski definition) is 1. The van der Waals surface area contributed by atoms with E-state index < -0.39 is 6.36 Å². The van der Waals surface area contributed by atoms with Crippen molar-refractivity contribution in [2.24, 2.45) is 0 Å². The lowest BCUT2D eigenvalue weighted by molar-refractivity contribution is -0.274. The summed E-state index contributed by atoms with van der Waals surface area (Å²) >= 11 is 0. The van der Waals surface area contributed by atoms with E-state index in [1.807, 2.05) is 0 Å². The predicted octanol–water partition coefficient (Wildman–Crippen LogP) is 3.98. The number of hydrogen-bond acceptors (Lipinski definition) is 5. The summed E-state index contributed by atoms with van der Waals surface area (Å²) in [5.74, 6) is -0.410. The molecule has 0 aliphatic heterocycles. The Morgan fingerprint density at radius 2 is 1.96 bits per heavy atom. The number of nitrogens with zero attached hydrogens (tertiary/aromatic N) is 2. The highest BCUT2D eigenvalue weighted by Crippen LogP contribution is 2.29. The number of fused-ring (bicyclic) bond motifs is 1. The zero-order valence-corrected chi connectivity index (χ0v) is 13.0. The van der Waals surface area contributed by atoms with Gasteiger partial charge < -0.3 is 10.5 Å². The summed E-state index contributed by atoms with van der Waals surface area (Å²) < 4.78 is 41.0. The highest BCUT2D eigenvalue weighted by molar-refractivity contribution is 6.08. The molecule has 2 heterocycles. The van der Waals surface area contributed by atoms with E-state index >= 15 is 0 Å². The number of carbonyl (C=O) groups excluding carboxylic acids is 1. The minimum absolute atomic E-state index is 0.129. The van der Waals surface area contributed by atoms with Crippen LogP contribution in [0.4, 0.5) is 19.0 Å². The molecule has 5 nitrogen and oxygen atoms in total. The molecule has 0 spiro atoms. The van der Waals surface area contributed by atoms with E-state index in [1.165, 1.54) is 31.3 Å². The van der Waals surface area contributed by atoms with Crippen LogP contribution in [-0.2, 0) is 0 Å². The molecule has 2 N–H and O–H groups in total. The van der Waals surface area contributed by atoms with Crippen molar-refractivity contribution in [3.05, 3.63) is 48.2 Å². The highest BCUT2D eigenvalue weighted by Gasteiger charge is 2.31. The van der Waals surface area contributed by atoms with Crippen molar-refractivity contribution in [3.8, 4) is 17.0 Å². The average molecular weight is 347 g/mol. The average Bonchev–Trinajstić information content (AvgIpc) is 2.53. The standard InChI is InChI=1S/C17H12F3N3O2/c1-9(24)13-8-22-16(21)15-12(13)5-6-14(23-15)10-3-2-4-11(7-10)25-17(18,19)20/h2-8H,1H3,(H2,21,22). The second-order valence-corrected chi connectivity index (χ2v) is 5.28. The van der Waals surface area contributed by atoms with Crippen molar-refractivity contribution in [1.82, 2.24) is 9.97 Å². The number of anilines is 1. The van der Waals surface area contributed by atoms with Crippen LogP contribution in [0.5, 0.6) is 5.75 Å². The molecular formula is C17H12F3N3O2. The molecule has 3 aromatic rings. The van der Waals surface area contributed by atoms with E-state index in [0.717, 1.165) is 0 Å². The number of carbonyl (C=O) groups is 1. The van der Waals surface area contributed by atoms with Gasteiger partial charge in [-0.1, -0.05) is 12.1 Å². The molecule has 0 saturated carbocycles. The lowest BCUT2D eigenvalue weighted by atomic mass is 10.1. The van der Waals surface area contributed by atoms with E-state index in [4.69, 9.17) is 5.73 Å². The smallest absolute Gasteiger partial charge is 0.406 e. The maximum absolute atomic E-state index is 12.4. The molecule has 3 rings (SSSR count). The molecule has 0 radical (unpaired) electrons. The molecule has 0 atom stereocenters. The SMILES string of the molecule is CC(=O)c1cnc(N)c2nc(-c3cccc(OC(F)(F)F)c3)ccc12. The largest absolute Gasteiger partial charge is 0.573 e. The summed E-state index contributed by atoms with van der Waals surface area (Å²) in [6, 6.07) is 8.68. The van der Waals surface area contributed by atoms with Gasteiger partial charge in [0, 0.05) is 22.7 Å². The van der Waals surface area contributed by atoms with Crippen molar-refractivity contribution in [2.45, 2.75) is 13.3 Å². The van der Waals surface area contributed by atoms with Crippen LogP contribution >= 0.6 is 0 Å². The van der Waals surface area contributed by atoms with Gasteiger partial charge in [-0.05, 0) is 31.2 Å². The van der Waals surface area contributed by atoms with Crippen LogP contribution in [0.25, 0.3) is 22.2 Å². The predicted molar refractivity (Wildman–Crippen MR) is 86.1 cm³/mol. The first-order chi connectivity index (χ1) is 11.7. The summed E-state index contributed by atoms with van der Waals surface area (Å²) in [5, 5.41) is 0.534. The molecule has 0 saturated heterocycles. The van der Waals surface area contributed by atoms with E-state index in [9.17, 15) is 18.0 Å². The summed E-state index contributed by atoms with van der Waals surface area (Å²) in [6.07, 6.45) is -3.40. The second-order valence-electron chi connectivity index (χ2n) is 5.28. The van der Waals surface area contributed by atoms with Crippen LogP contribution in [0.2, 0.25) is 0 Å². The van der Waals surface area contributed by atoms with Gasteiger partial charge in [0.05, 0.1) is 5.69 Å². The topological polar surface area (TPSA) is 78.1 Å². The van der Waals surface area contributed by atoms with E-state index in [-0.39, 0.29) is 17.4 Å². The number of nitrogen functional groups attached to an aromatic ring is 1. The Morgan fingerprint density at radius 1 is 1.20 bits per heavy atom. The number of nitrogens with two attached hydrogens (primary N) is 1. The van der Waals surface area contributed by atoms with Crippen molar-refractivity contribution < 1.29 is 22.7 Å². The van der Waals surface area contributed by atoms with E-state index in [1.54, 1.807) is 18.2 Å². The van der Waals surface area contributed by atoms with Gasteiger partial charge in [0.25, 0.3) is 0 Å². The van der Waals surface area contributed by atoms with Crippen LogP contribution in [0, 0.1) is 0 Å². The number of halogens is 3. The van der Waals surface area contributed by atoms with Gasteiger partial charge in [0.2, 0.25) is 0 Å². The molecule has 8 heteroatoms. The molecule has 0 bridgehead atoms. The number of ketones is 1. The van der Waals surface area contributed by atoms with Crippen LogP contribution in [0.15, 0.2) is 42.6 Å². The highest BCUT2D eigenvalue weighted by atomic mass is 19.4. The maximum Gasteiger partial charge on any atom is 0.573 e. The summed E-state index contributed by atoms with van der Waals surface area (Å²) in [7, 11) is 0.